The maximum absolute atomic E-state index is 14.0. The van der Waals surface area contributed by atoms with Gasteiger partial charge in [0.1, 0.15) is 23.7 Å². The number of carbonyl (C=O) groups excluding carboxylic acids is 2. The van der Waals surface area contributed by atoms with E-state index in [1.165, 1.54) is 16.7 Å². The van der Waals surface area contributed by atoms with E-state index in [2.05, 4.69) is 33.9 Å². The van der Waals surface area contributed by atoms with Gasteiger partial charge in [-0.1, -0.05) is 92.7 Å². The maximum atomic E-state index is 14.0. The first-order valence-electron chi connectivity index (χ1n) is 14.7. The molecule has 2 heterocycles. The number of imide groups is 1. The molecule has 0 unspecified atom stereocenters. The average molecular weight is 620 g/mol. The van der Waals surface area contributed by atoms with Crippen LogP contribution in [0, 0.1) is 6.92 Å². The Labute approximate surface area is 259 Å². The van der Waals surface area contributed by atoms with Crippen LogP contribution in [0.3, 0.4) is 0 Å². The van der Waals surface area contributed by atoms with Gasteiger partial charge in [-0.05, 0) is 54.9 Å². The van der Waals surface area contributed by atoms with Crippen molar-refractivity contribution < 1.29 is 28.6 Å². The molecule has 0 aliphatic carbocycles. The largest absolute Gasteiger partial charge is 0.409 e. The summed E-state index contributed by atoms with van der Waals surface area (Å²) < 4.78 is 20.3. The second-order valence-corrected chi connectivity index (χ2v) is 18.7. The van der Waals surface area contributed by atoms with E-state index in [1.807, 2.05) is 61.5 Å². The zero-order chi connectivity index (χ0) is 30.9. The Kier molecular flexibility index (Phi) is 9.32. The average Bonchev–Trinajstić information content (AvgIpc) is 3.22. The molecular formula is C34H41NO6SSi. The second-order valence-electron chi connectivity index (χ2n) is 12.8. The number of aliphatic hydroxyl groups excluding tert-OH is 1. The Bertz CT molecular complexity index is 1410. The summed E-state index contributed by atoms with van der Waals surface area (Å²) in [6.07, 6.45) is -2.24. The number of aryl methyl sites for hydroxylation is 1. The third-order valence-electron chi connectivity index (χ3n) is 8.71. The number of nitrogens with zero attached hydrogens (tertiary/aromatic N) is 1. The van der Waals surface area contributed by atoms with Crippen LogP contribution < -0.4 is 0 Å². The van der Waals surface area contributed by atoms with E-state index >= 15 is 0 Å². The molecule has 1 N–H and O–H groups in total. The van der Waals surface area contributed by atoms with E-state index in [0.29, 0.717) is 11.1 Å². The van der Waals surface area contributed by atoms with Crippen molar-refractivity contribution >= 4 is 31.9 Å². The Morgan fingerprint density at radius 3 is 2.02 bits per heavy atom. The first-order chi connectivity index (χ1) is 20.4. The zero-order valence-corrected chi connectivity index (χ0v) is 27.5. The van der Waals surface area contributed by atoms with Crippen LogP contribution in [0.2, 0.25) is 18.1 Å². The SMILES string of the molecule is Cc1ccc(S[C@@H]2O[C@H](CO)[C@@H](OCc3ccccc3)[C@H](O[Si](C)(C)C(C)(C)C)[C@H]2N2C(=O)c3ccccc3C2=O)cc1. The summed E-state index contributed by atoms with van der Waals surface area (Å²) in [5.41, 5.74) is 2.09. The predicted molar refractivity (Wildman–Crippen MR) is 171 cm³/mol. The number of amides is 2. The number of aliphatic hydroxyl groups is 1. The highest BCUT2D eigenvalue weighted by Crippen LogP contribution is 2.45. The van der Waals surface area contributed by atoms with Crippen molar-refractivity contribution in [2.24, 2.45) is 0 Å². The lowest BCUT2D eigenvalue weighted by Crippen LogP contribution is -2.67. The molecule has 0 saturated carbocycles. The molecule has 2 aliphatic heterocycles. The van der Waals surface area contributed by atoms with Crippen LogP contribution in [0.1, 0.15) is 52.6 Å². The van der Waals surface area contributed by atoms with Crippen LogP contribution in [-0.4, -0.2) is 66.5 Å². The Morgan fingerprint density at radius 1 is 0.884 bits per heavy atom. The minimum atomic E-state index is -2.51. The number of ether oxygens (including phenoxy) is 2. The first kappa shape index (κ1) is 31.6. The summed E-state index contributed by atoms with van der Waals surface area (Å²) in [6.45, 7) is 12.7. The van der Waals surface area contributed by atoms with Crippen molar-refractivity contribution in [2.45, 2.75) is 87.1 Å². The van der Waals surface area contributed by atoms with E-state index < -0.39 is 38.1 Å². The predicted octanol–water partition coefficient (Wildman–Crippen LogP) is 6.44. The van der Waals surface area contributed by atoms with Crippen molar-refractivity contribution in [1.82, 2.24) is 4.90 Å². The number of carbonyl (C=O) groups is 2. The van der Waals surface area contributed by atoms with Crippen LogP contribution in [0.4, 0.5) is 0 Å². The molecule has 0 radical (unpaired) electrons. The van der Waals surface area contributed by atoms with Gasteiger partial charge in [0.25, 0.3) is 11.8 Å². The van der Waals surface area contributed by atoms with Crippen molar-refractivity contribution in [3.8, 4) is 0 Å². The van der Waals surface area contributed by atoms with Gasteiger partial charge in [-0.2, -0.15) is 0 Å². The lowest BCUT2D eigenvalue weighted by atomic mass is 9.96. The van der Waals surface area contributed by atoms with E-state index in [1.54, 1.807) is 24.3 Å². The van der Waals surface area contributed by atoms with E-state index in [-0.39, 0.29) is 30.1 Å². The third kappa shape index (κ3) is 6.52. The molecule has 9 heteroatoms. The highest BCUT2D eigenvalue weighted by Gasteiger charge is 2.57. The van der Waals surface area contributed by atoms with Gasteiger partial charge in [0.2, 0.25) is 0 Å². The van der Waals surface area contributed by atoms with Gasteiger partial charge in [-0.3, -0.25) is 14.5 Å². The molecule has 5 rings (SSSR count). The number of rotatable bonds is 9. The van der Waals surface area contributed by atoms with Crippen molar-refractivity contribution in [2.75, 3.05) is 6.61 Å². The van der Waals surface area contributed by atoms with Crippen LogP contribution in [0.15, 0.2) is 83.8 Å². The molecule has 0 bridgehead atoms. The maximum Gasteiger partial charge on any atom is 0.262 e. The molecule has 2 amide bonds. The quantitative estimate of drug-likeness (QED) is 0.218. The third-order valence-corrected chi connectivity index (χ3v) is 14.4. The van der Waals surface area contributed by atoms with Crippen LogP contribution in [0.25, 0.3) is 0 Å². The molecule has 3 aromatic rings. The van der Waals surface area contributed by atoms with Crippen molar-refractivity contribution in [3.05, 3.63) is 101 Å². The molecule has 0 spiro atoms. The Morgan fingerprint density at radius 2 is 1.47 bits per heavy atom. The van der Waals surface area contributed by atoms with Gasteiger partial charge >= 0.3 is 0 Å². The lowest BCUT2D eigenvalue weighted by molar-refractivity contribution is -0.199. The number of hydrogen-bond acceptors (Lipinski definition) is 7. The Balaban J connectivity index is 1.62. The van der Waals surface area contributed by atoms with Crippen molar-refractivity contribution in [3.63, 3.8) is 0 Å². The zero-order valence-electron chi connectivity index (χ0n) is 25.7. The fraction of sp³-hybridized carbons (Fsp3) is 0.412. The van der Waals surface area contributed by atoms with Gasteiger partial charge in [0.15, 0.2) is 8.32 Å². The van der Waals surface area contributed by atoms with Gasteiger partial charge in [-0.25, -0.2) is 0 Å². The fourth-order valence-corrected chi connectivity index (χ4v) is 7.74. The summed E-state index contributed by atoms with van der Waals surface area (Å²) in [6, 6.07) is 23.9. The van der Waals surface area contributed by atoms with Gasteiger partial charge in [0.05, 0.1) is 30.4 Å². The minimum Gasteiger partial charge on any atom is -0.409 e. The smallest absolute Gasteiger partial charge is 0.262 e. The molecule has 1 fully saturated rings. The molecule has 0 aromatic heterocycles. The topological polar surface area (TPSA) is 85.3 Å². The Hall–Kier alpha value is -2.79. The molecule has 7 nitrogen and oxygen atoms in total. The number of thioether (sulfide) groups is 1. The van der Waals surface area contributed by atoms with Gasteiger partial charge in [-0.15, -0.1) is 0 Å². The second kappa shape index (κ2) is 12.7. The van der Waals surface area contributed by atoms with E-state index in [0.717, 1.165) is 16.0 Å². The van der Waals surface area contributed by atoms with Gasteiger partial charge in [0, 0.05) is 4.90 Å². The first-order valence-corrected chi connectivity index (χ1v) is 18.5. The highest BCUT2D eigenvalue weighted by atomic mass is 32.2. The molecule has 2 aliphatic rings. The summed E-state index contributed by atoms with van der Waals surface area (Å²) >= 11 is 1.42. The van der Waals surface area contributed by atoms with E-state index in [4.69, 9.17) is 13.9 Å². The molecule has 5 atom stereocenters. The number of hydrogen-bond donors (Lipinski definition) is 1. The highest BCUT2D eigenvalue weighted by molar-refractivity contribution is 7.99. The summed E-state index contributed by atoms with van der Waals surface area (Å²) in [4.78, 5) is 30.2. The van der Waals surface area contributed by atoms with Crippen molar-refractivity contribution in [1.29, 1.82) is 0 Å². The molecule has 3 aromatic carbocycles. The molecule has 1 saturated heterocycles. The monoisotopic (exact) mass is 619 g/mol. The minimum absolute atomic E-state index is 0.171. The summed E-state index contributed by atoms with van der Waals surface area (Å²) in [5.74, 6) is -0.756. The van der Waals surface area contributed by atoms with Gasteiger partial charge < -0.3 is 19.0 Å². The van der Waals surface area contributed by atoms with Crippen LogP contribution >= 0.6 is 11.8 Å². The molecule has 43 heavy (non-hydrogen) atoms. The summed E-state index contributed by atoms with van der Waals surface area (Å²) in [7, 11) is -2.51. The standard InChI is InChI=1S/C34H41NO6SSi/c1-22-16-18-24(19-17-22)42-33-28(35-31(37)25-14-10-11-15-26(25)32(35)38)30(41-43(5,6)34(2,3)4)29(27(20-36)40-33)39-21-23-12-8-7-9-13-23/h7-19,27-30,33,36H,20-21H2,1-6H3/t27-,28-,29-,30-,33+/m1/s1. The number of fused-ring (bicyclic) bond motifs is 1. The molecular weight excluding hydrogens is 579 g/mol. The summed E-state index contributed by atoms with van der Waals surface area (Å²) in [5, 5.41) is 10.5. The normalized spacial score (nSPS) is 24.3. The number of benzene rings is 3. The fourth-order valence-electron chi connectivity index (χ4n) is 5.26. The van der Waals surface area contributed by atoms with E-state index in [9.17, 15) is 14.7 Å². The molecule has 228 valence electrons. The van der Waals surface area contributed by atoms with Crippen LogP contribution in [-0.2, 0) is 20.5 Å². The van der Waals surface area contributed by atoms with Crippen LogP contribution in [0.5, 0.6) is 0 Å². The lowest BCUT2D eigenvalue weighted by Gasteiger charge is -2.51.